The molecule has 1 amide bonds. The Balaban J connectivity index is 0.00000306. The number of aliphatic imine (C=N–C) groups is 1. The number of carbonyl (C=O) groups is 1. The van der Waals surface area contributed by atoms with E-state index in [1.54, 1.807) is 0 Å². The first-order valence-corrected chi connectivity index (χ1v) is 12.6. The van der Waals surface area contributed by atoms with E-state index in [0.717, 1.165) is 84.1 Å². The van der Waals surface area contributed by atoms with E-state index in [1.165, 1.54) is 18.5 Å². The zero-order valence-electron chi connectivity index (χ0n) is 20.0. The van der Waals surface area contributed by atoms with Crippen molar-refractivity contribution >= 4 is 41.5 Å². The largest absolute Gasteiger partial charge is 0.369 e. The lowest BCUT2D eigenvalue weighted by atomic mass is 10.1. The molecule has 0 spiro atoms. The van der Waals surface area contributed by atoms with Crippen LogP contribution in [0.2, 0.25) is 0 Å². The number of amides is 1. The van der Waals surface area contributed by atoms with Gasteiger partial charge in [-0.15, -0.1) is 24.0 Å². The van der Waals surface area contributed by atoms with E-state index in [0.29, 0.717) is 17.9 Å². The van der Waals surface area contributed by atoms with Crippen LogP contribution in [0.25, 0.3) is 0 Å². The van der Waals surface area contributed by atoms with Crippen LogP contribution in [-0.4, -0.2) is 86.6 Å². The van der Waals surface area contributed by atoms with Crippen molar-refractivity contribution < 1.29 is 4.79 Å². The Labute approximate surface area is 216 Å². The van der Waals surface area contributed by atoms with Gasteiger partial charge in [0.05, 0.1) is 6.54 Å². The topological polar surface area (TPSA) is 63.2 Å². The Morgan fingerprint density at radius 1 is 1.03 bits per heavy atom. The highest BCUT2D eigenvalue weighted by Gasteiger charge is 2.29. The van der Waals surface area contributed by atoms with Crippen molar-refractivity contribution in [2.24, 2.45) is 10.9 Å². The SMILES string of the molecule is CCNC(=NCCN1CCN(C(=O)C2CCCC2)CC1)NC1CCN(c2ccccc2)C1.I. The first-order valence-electron chi connectivity index (χ1n) is 12.6. The molecular formula is C25H41IN6O. The van der Waals surface area contributed by atoms with Gasteiger partial charge in [0.25, 0.3) is 0 Å². The molecule has 7 nitrogen and oxygen atoms in total. The van der Waals surface area contributed by atoms with Crippen molar-refractivity contribution in [1.29, 1.82) is 0 Å². The van der Waals surface area contributed by atoms with Gasteiger partial charge < -0.3 is 20.4 Å². The molecule has 1 saturated carbocycles. The highest BCUT2D eigenvalue weighted by molar-refractivity contribution is 14.0. The van der Waals surface area contributed by atoms with Gasteiger partial charge in [0.2, 0.25) is 5.91 Å². The molecule has 4 rings (SSSR count). The second-order valence-corrected chi connectivity index (χ2v) is 9.32. The fraction of sp³-hybridized carbons (Fsp3) is 0.680. The van der Waals surface area contributed by atoms with Crippen LogP contribution in [0, 0.1) is 5.92 Å². The third kappa shape index (κ3) is 7.47. The maximum absolute atomic E-state index is 12.6. The van der Waals surface area contributed by atoms with E-state index in [9.17, 15) is 4.79 Å². The van der Waals surface area contributed by atoms with E-state index in [4.69, 9.17) is 4.99 Å². The molecule has 2 saturated heterocycles. The van der Waals surface area contributed by atoms with Crippen LogP contribution in [0.3, 0.4) is 0 Å². The average molecular weight is 569 g/mol. The van der Waals surface area contributed by atoms with E-state index in [-0.39, 0.29) is 24.0 Å². The standard InChI is InChI=1S/C25H40N6O.HI/c1-2-26-25(28-22-12-14-31(20-22)23-10-4-3-5-11-23)27-13-15-29-16-18-30(19-17-29)24(32)21-8-6-7-9-21;/h3-5,10-11,21-22H,2,6-9,12-20H2,1H3,(H2,26,27,28);1H. The van der Waals surface area contributed by atoms with Crippen LogP contribution < -0.4 is 15.5 Å². The third-order valence-electron chi connectivity index (χ3n) is 7.07. The van der Waals surface area contributed by atoms with Gasteiger partial charge >= 0.3 is 0 Å². The summed E-state index contributed by atoms with van der Waals surface area (Å²) in [6.45, 7) is 10.5. The van der Waals surface area contributed by atoms with Crippen LogP contribution in [0.5, 0.6) is 0 Å². The minimum absolute atomic E-state index is 0. The van der Waals surface area contributed by atoms with Crippen LogP contribution in [0.4, 0.5) is 5.69 Å². The Morgan fingerprint density at radius 2 is 1.76 bits per heavy atom. The lowest BCUT2D eigenvalue weighted by molar-refractivity contribution is -0.137. The maximum atomic E-state index is 12.6. The Hall–Kier alpha value is -1.55. The monoisotopic (exact) mass is 568 g/mol. The number of nitrogens with zero attached hydrogens (tertiary/aromatic N) is 4. The van der Waals surface area contributed by atoms with Crippen LogP contribution >= 0.6 is 24.0 Å². The number of piperazine rings is 1. The summed E-state index contributed by atoms with van der Waals surface area (Å²) in [4.78, 5) is 24.4. The summed E-state index contributed by atoms with van der Waals surface area (Å²) in [5.74, 6) is 1.62. The van der Waals surface area contributed by atoms with Crippen LogP contribution in [0.15, 0.2) is 35.3 Å². The Bertz CT molecular complexity index is 747. The third-order valence-corrected chi connectivity index (χ3v) is 7.07. The molecule has 1 aromatic rings. The van der Waals surface area contributed by atoms with E-state index in [2.05, 4.69) is 62.6 Å². The number of anilines is 1. The summed E-state index contributed by atoms with van der Waals surface area (Å²) < 4.78 is 0. The molecule has 8 heteroatoms. The number of rotatable bonds is 7. The van der Waals surface area contributed by atoms with E-state index < -0.39 is 0 Å². The first kappa shape index (κ1) is 26.1. The lowest BCUT2D eigenvalue weighted by Gasteiger charge is -2.35. The second-order valence-electron chi connectivity index (χ2n) is 9.32. The summed E-state index contributed by atoms with van der Waals surface area (Å²) in [5, 5.41) is 7.04. The van der Waals surface area contributed by atoms with Crippen LogP contribution in [-0.2, 0) is 4.79 Å². The second kappa shape index (κ2) is 13.4. The van der Waals surface area contributed by atoms with Crippen molar-refractivity contribution in [3.05, 3.63) is 30.3 Å². The normalized spacial score (nSPS) is 22.3. The van der Waals surface area contributed by atoms with Gasteiger partial charge in [0.1, 0.15) is 0 Å². The fourth-order valence-corrected chi connectivity index (χ4v) is 5.19. The predicted molar refractivity (Wildman–Crippen MR) is 147 cm³/mol. The van der Waals surface area contributed by atoms with Gasteiger partial charge in [-0.25, -0.2) is 0 Å². The highest BCUT2D eigenvalue weighted by atomic mass is 127. The molecule has 1 atom stereocenters. The van der Waals surface area contributed by atoms with Gasteiger partial charge in [-0.05, 0) is 38.3 Å². The van der Waals surface area contributed by atoms with Crippen LogP contribution in [0.1, 0.15) is 39.0 Å². The average Bonchev–Trinajstić information content (AvgIpc) is 3.52. The molecule has 0 radical (unpaired) electrons. The highest BCUT2D eigenvalue weighted by Crippen LogP contribution is 2.27. The lowest BCUT2D eigenvalue weighted by Crippen LogP contribution is -2.50. The molecule has 0 bridgehead atoms. The van der Waals surface area contributed by atoms with Crippen molar-refractivity contribution in [3.8, 4) is 0 Å². The number of nitrogens with one attached hydrogen (secondary N) is 2. The van der Waals surface area contributed by atoms with Gasteiger partial charge in [-0.1, -0.05) is 31.0 Å². The summed E-state index contributed by atoms with van der Waals surface area (Å²) in [7, 11) is 0. The molecule has 33 heavy (non-hydrogen) atoms. The number of hydrogen-bond acceptors (Lipinski definition) is 4. The molecule has 1 aromatic carbocycles. The summed E-state index contributed by atoms with van der Waals surface area (Å²) in [6.07, 6.45) is 5.76. The summed E-state index contributed by atoms with van der Waals surface area (Å²) >= 11 is 0. The molecule has 3 aliphatic rings. The Morgan fingerprint density at radius 3 is 2.45 bits per heavy atom. The molecular weight excluding hydrogens is 527 g/mol. The quantitative estimate of drug-likeness (QED) is 0.301. The van der Waals surface area contributed by atoms with Gasteiger partial charge in [0, 0.05) is 70.0 Å². The number of benzene rings is 1. The zero-order chi connectivity index (χ0) is 22.2. The molecule has 0 aromatic heterocycles. The number of halogens is 1. The molecule has 2 N–H and O–H groups in total. The smallest absolute Gasteiger partial charge is 0.225 e. The van der Waals surface area contributed by atoms with E-state index in [1.807, 2.05) is 0 Å². The summed E-state index contributed by atoms with van der Waals surface area (Å²) in [6, 6.07) is 11.1. The van der Waals surface area contributed by atoms with Crippen molar-refractivity contribution in [2.75, 3.05) is 63.8 Å². The Kier molecular flexibility index (Phi) is 10.6. The molecule has 184 valence electrons. The number of guanidine groups is 1. The minimum Gasteiger partial charge on any atom is -0.369 e. The van der Waals surface area contributed by atoms with Gasteiger partial charge in [0.15, 0.2) is 5.96 Å². The molecule has 2 heterocycles. The minimum atomic E-state index is 0. The zero-order valence-corrected chi connectivity index (χ0v) is 22.4. The van der Waals surface area contributed by atoms with Crippen molar-refractivity contribution in [2.45, 2.75) is 45.1 Å². The maximum Gasteiger partial charge on any atom is 0.225 e. The number of para-hydroxylation sites is 1. The summed E-state index contributed by atoms with van der Waals surface area (Å²) in [5.41, 5.74) is 1.30. The molecule has 2 aliphatic heterocycles. The van der Waals surface area contributed by atoms with Crippen molar-refractivity contribution in [3.63, 3.8) is 0 Å². The van der Waals surface area contributed by atoms with Gasteiger partial charge in [-0.3, -0.25) is 14.7 Å². The van der Waals surface area contributed by atoms with E-state index >= 15 is 0 Å². The van der Waals surface area contributed by atoms with Crippen molar-refractivity contribution in [1.82, 2.24) is 20.4 Å². The number of hydrogen-bond donors (Lipinski definition) is 2. The molecule has 1 unspecified atom stereocenters. The number of carbonyl (C=O) groups excluding carboxylic acids is 1. The molecule has 1 aliphatic carbocycles. The first-order chi connectivity index (χ1) is 15.7. The van der Waals surface area contributed by atoms with Gasteiger partial charge in [-0.2, -0.15) is 0 Å². The molecule has 3 fully saturated rings. The predicted octanol–water partition coefficient (Wildman–Crippen LogP) is 2.77. The fourth-order valence-electron chi connectivity index (χ4n) is 5.19.